The van der Waals surface area contributed by atoms with Gasteiger partial charge in [0, 0.05) is 16.4 Å². The van der Waals surface area contributed by atoms with Crippen LogP contribution in [-0.2, 0) is 5.41 Å². The highest BCUT2D eigenvalue weighted by molar-refractivity contribution is 9.10. The molecule has 1 heterocycles. The van der Waals surface area contributed by atoms with Gasteiger partial charge in [-0.3, -0.25) is 4.79 Å². The highest BCUT2D eigenvalue weighted by Crippen LogP contribution is 2.24. The normalized spacial score (nSPS) is 11.3. The monoisotopic (exact) mass is 381 g/mol. The Morgan fingerprint density at radius 2 is 1.95 bits per heavy atom. The number of halogens is 2. The molecule has 0 aliphatic heterocycles. The van der Waals surface area contributed by atoms with E-state index in [-0.39, 0.29) is 22.0 Å². The number of hydrogen-bond donors (Lipinski definition) is 1. The molecule has 22 heavy (non-hydrogen) atoms. The van der Waals surface area contributed by atoms with Crippen molar-refractivity contribution in [3.63, 3.8) is 0 Å². The van der Waals surface area contributed by atoms with Crippen LogP contribution in [0.25, 0.3) is 0 Å². The number of nitrogens with zero attached hydrogens (tertiary/aromatic N) is 2. The zero-order valence-electron chi connectivity index (χ0n) is 12.7. The Labute approximate surface area is 143 Å². The van der Waals surface area contributed by atoms with Crippen molar-refractivity contribution < 1.29 is 4.79 Å². The van der Waals surface area contributed by atoms with Gasteiger partial charge in [-0.25, -0.2) is 9.97 Å². The first-order valence-electron chi connectivity index (χ1n) is 6.83. The van der Waals surface area contributed by atoms with E-state index in [4.69, 9.17) is 11.6 Å². The Kier molecular flexibility index (Phi) is 5.19. The van der Waals surface area contributed by atoms with Gasteiger partial charge in [0.25, 0.3) is 5.91 Å². The first kappa shape index (κ1) is 16.9. The second-order valence-electron chi connectivity index (χ2n) is 5.69. The first-order chi connectivity index (χ1) is 10.3. The van der Waals surface area contributed by atoms with Crippen LogP contribution >= 0.6 is 27.5 Å². The minimum absolute atomic E-state index is 0.203. The molecular weight excluding hydrogens is 366 g/mol. The van der Waals surface area contributed by atoms with Crippen LogP contribution in [0.2, 0.25) is 5.02 Å². The molecule has 0 fully saturated rings. The van der Waals surface area contributed by atoms with Gasteiger partial charge in [-0.15, -0.1) is 0 Å². The molecule has 0 aliphatic carbocycles. The molecule has 0 unspecified atom stereocenters. The second-order valence-corrected chi connectivity index (χ2v) is 7.01. The number of benzene rings is 1. The summed E-state index contributed by atoms with van der Waals surface area (Å²) in [6.07, 6.45) is 1.44. The van der Waals surface area contributed by atoms with Gasteiger partial charge in [0.2, 0.25) is 0 Å². The van der Waals surface area contributed by atoms with Crippen LogP contribution < -0.4 is 5.32 Å². The summed E-state index contributed by atoms with van der Waals surface area (Å²) in [5.41, 5.74) is 1.15. The van der Waals surface area contributed by atoms with Crippen LogP contribution in [0.5, 0.6) is 0 Å². The van der Waals surface area contributed by atoms with Gasteiger partial charge >= 0.3 is 0 Å². The van der Waals surface area contributed by atoms with Crippen molar-refractivity contribution in [3.05, 3.63) is 57.0 Å². The quantitative estimate of drug-likeness (QED) is 0.872. The van der Waals surface area contributed by atoms with Gasteiger partial charge in [-0.1, -0.05) is 53.5 Å². The molecule has 1 N–H and O–H groups in total. The summed E-state index contributed by atoms with van der Waals surface area (Å²) in [5.74, 6) is 0.224. The fourth-order valence-corrected chi connectivity index (χ4v) is 2.44. The molecule has 0 saturated heterocycles. The third-order valence-electron chi connectivity index (χ3n) is 3.40. The average molecular weight is 383 g/mol. The Morgan fingerprint density at radius 1 is 1.32 bits per heavy atom. The highest BCUT2D eigenvalue weighted by atomic mass is 79.9. The molecule has 2 rings (SSSR count). The van der Waals surface area contributed by atoms with E-state index in [0.717, 1.165) is 10.0 Å². The Morgan fingerprint density at radius 3 is 2.59 bits per heavy atom. The maximum absolute atomic E-state index is 12.3. The first-order valence-corrected chi connectivity index (χ1v) is 8.00. The van der Waals surface area contributed by atoms with Crippen LogP contribution in [0.4, 0.5) is 0 Å². The molecule has 4 nitrogen and oxygen atoms in total. The topological polar surface area (TPSA) is 54.9 Å². The van der Waals surface area contributed by atoms with E-state index in [1.807, 2.05) is 24.3 Å². The molecule has 6 heteroatoms. The maximum Gasteiger partial charge on any atom is 0.271 e. The lowest BCUT2D eigenvalue weighted by atomic mass is 9.84. The summed E-state index contributed by atoms with van der Waals surface area (Å²) in [5, 5.41) is 3.15. The van der Waals surface area contributed by atoms with Crippen molar-refractivity contribution in [2.24, 2.45) is 0 Å². The molecule has 0 spiro atoms. The SMILES string of the molecule is Cc1ncc(Cl)c(C(=O)NCC(C)(C)c2ccc(Br)cc2)n1. The van der Waals surface area contributed by atoms with Crippen molar-refractivity contribution in [1.82, 2.24) is 15.3 Å². The van der Waals surface area contributed by atoms with E-state index < -0.39 is 0 Å². The second kappa shape index (κ2) is 6.75. The van der Waals surface area contributed by atoms with E-state index in [1.54, 1.807) is 6.92 Å². The number of hydrogen-bond acceptors (Lipinski definition) is 3. The van der Waals surface area contributed by atoms with Gasteiger partial charge in [-0.05, 0) is 24.6 Å². The molecule has 0 bridgehead atoms. The van der Waals surface area contributed by atoms with E-state index in [9.17, 15) is 4.79 Å². The molecule has 0 aliphatic rings. The van der Waals surface area contributed by atoms with Crippen molar-refractivity contribution in [3.8, 4) is 0 Å². The number of amides is 1. The van der Waals surface area contributed by atoms with Gasteiger partial charge in [0.05, 0.1) is 11.2 Å². The van der Waals surface area contributed by atoms with E-state index in [1.165, 1.54) is 6.20 Å². The third kappa shape index (κ3) is 4.05. The van der Waals surface area contributed by atoms with Crippen LogP contribution in [-0.4, -0.2) is 22.4 Å². The summed E-state index contributed by atoms with van der Waals surface area (Å²) >= 11 is 9.41. The lowest BCUT2D eigenvalue weighted by molar-refractivity contribution is 0.0940. The average Bonchev–Trinajstić information content (AvgIpc) is 2.48. The molecule has 0 radical (unpaired) electrons. The fourth-order valence-electron chi connectivity index (χ4n) is 2.00. The molecular formula is C16H17BrClN3O. The molecule has 1 aromatic heterocycles. The Bertz CT molecular complexity index is 686. The molecule has 116 valence electrons. The predicted octanol–water partition coefficient (Wildman–Crippen LogP) is 3.91. The number of nitrogens with one attached hydrogen (secondary N) is 1. The van der Waals surface area contributed by atoms with Crippen LogP contribution in [0.15, 0.2) is 34.9 Å². The van der Waals surface area contributed by atoms with E-state index >= 15 is 0 Å². The summed E-state index contributed by atoms with van der Waals surface area (Å²) in [7, 11) is 0. The smallest absolute Gasteiger partial charge is 0.271 e. The van der Waals surface area contributed by atoms with Gasteiger partial charge < -0.3 is 5.32 Å². The fraction of sp³-hybridized carbons (Fsp3) is 0.312. The standard InChI is InChI=1S/C16H17BrClN3O/c1-10-19-8-13(18)14(21-10)15(22)20-9-16(2,3)11-4-6-12(17)7-5-11/h4-8H,9H2,1-3H3,(H,20,22). The lowest BCUT2D eigenvalue weighted by Gasteiger charge is -2.25. The minimum Gasteiger partial charge on any atom is -0.350 e. The van der Waals surface area contributed by atoms with Crippen molar-refractivity contribution >= 4 is 33.4 Å². The number of aromatic nitrogens is 2. The summed E-state index contributed by atoms with van der Waals surface area (Å²) in [4.78, 5) is 20.3. The summed E-state index contributed by atoms with van der Waals surface area (Å²) < 4.78 is 1.03. The summed E-state index contributed by atoms with van der Waals surface area (Å²) in [6.45, 7) is 6.35. The third-order valence-corrected chi connectivity index (χ3v) is 4.20. The zero-order chi connectivity index (χ0) is 16.3. The Balaban J connectivity index is 2.09. The molecule has 2 aromatic rings. The van der Waals surface area contributed by atoms with Crippen LogP contribution in [0, 0.1) is 6.92 Å². The van der Waals surface area contributed by atoms with Crippen LogP contribution in [0.1, 0.15) is 35.7 Å². The van der Waals surface area contributed by atoms with Crippen molar-refractivity contribution in [2.75, 3.05) is 6.54 Å². The molecule has 1 amide bonds. The molecule has 0 saturated carbocycles. The van der Waals surface area contributed by atoms with Crippen molar-refractivity contribution in [2.45, 2.75) is 26.2 Å². The molecule has 1 aromatic carbocycles. The van der Waals surface area contributed by atoms with E-state index in [2.05, 4.69) is 45.1 Å². The minimum atomic E-state index is -0.291. The van der Waals surface area contributed by atoms with Gasteiger partial charge in [0.15, 0.2) is 0 Å². The summed E-state index contributed by atoms with van der Waals surface area (Å²) in [6, 6.07) is 8.06. The van der Waals surface area contributed by atoms with E-state index in [0.29, 0.717) is 12.4 Å². The number of carbonyl (C=O) groups is 1. The van der Waals surface area contributed by atoms with Crippen LogP contribution in [0.3, 0.4) is 0 Å². The van der Waals surface area contributed by atoms with Crippen molar-refractivity contribution in [1.29, 1.82) is 0 Å². The number of rotatable bonds is 4. The molecule has 0 atom stereocenters. The predicted molar refractivity (Wildman–Crippen MR) is 91.3 cm³/mol. The van der Waals surface area contributed by atoms with Gasteiger partial charge in [0.1, 0.15) is 11.5 Å². The largest absolute Gasteiger partial charge is 0.350 e. The maximum atomic E-state index is 12.3. The Hall–Kier alpha value is -1.46. The zero-order valence-corrected chi connectivity index (χ0v) is 15.0. The number of carbonyl (C=O) groups excluding carboxylic acids is 1. The highest BCUT2D eigenvalue weighted by Gasteiger charge is 2.23. The lowest BCUT2D eigenvalue weighted by Crippen LogP contribution is -2.37. The van der Waals surface area contributed by atoms with Gasteiger partial charge in [-0.2, -0.15) is 0 Å². The number of aryl methyl sites for hydroxylation is 1.